The minimum atomic E-state index is -0.834. The topological polar surface area (TPSA) is 50.2 Å². The van der Waals surface area contributed by atoms with E-state index >= 15 is 0 Å². The van der Waals surface area contributed by atoms with Crippen molar-refractivity contribution in [2.24, 2.45) is 0 Å². The summed E-state index contributed by atoms with van der Waals surface area (Å²) in [7, 11) is 0. The molecule has 0 radical (unpaired) electrons. The number of nitrogens with zero attached hydrogens (tertiary/aromatic N) is 1. The molecule has 0 aliphatic rings. The number of hydrogen-bond acceptors (Lipinski definition) is 2. The van der Waals surface area contributed by atoms with Crippen LogP contribution in [-0.4, -0.2) is 16.1 Å². The van der Waals surface area contributed by atoms with Crippen LogP contribution < -0.4 is 0 Å². The Balaban J connectivity index is 3.08. The van der Waals surface area contributed by atoms with Crippen molar-refractivity contribution in [1.29, 1.82) is 0 Å². The first kappa shape index (κ1) is 9.71. The molecule has 0 saturated carbocycles. The van der Waals surface area contributed by atoms with Crippen LogP contribution in [0, 0.1) is 13.8 Å². The molecule has 0 bridgehead atoms. The van der Waals surface area contributed by atoms with Crippen molar-refractivity contribution >= 4 is 5.97 Å². The summed E-state index contributed by atoms with van der Waals surface area (Å²) < 4.78 is 0. The molecular formula is C10H13NO2. The maximum absolute atomic E-state index is 10.7. The number of aliphatic carboxylic acids is 1. The first-order valence-electron chi connectivity index (χ1n) is 4.18. The van der Waals surface area contributed by atoms with E-state index in [9.17, 15) is 4.79 Å². The number of carbonyl (C=O) groups is 1. The standard InChI is InChI=1S/C10H13NO2/c1-6-4-7(2)9(11-5-6)8(3)10(12)13/h4-5,8H,1-3H3,(H,12,13). The van der Waals surface area contributed by atoms with E-state index in [4.69, 9.17) is 5.11 Å². The smallest absolute Gasteiger partial charge is 0.312 e. The Morgan fingerprint density at radius 1 is 1.54 bits per heavy atom. The molecule has 1 N–H and O–H groups in total. The Morgan fingerprint density at radius 3 is 2.62 bits per heavy atom. The molecule has 0 amide bonds. The molecule has 70 valence electrons. The third-order valence-electron chi connectivity index (χ3n) is 2.04. The number of carboxylic acid groups (broad SMARTS) is 1. The van der Waals surface area contributed by atoms with E-state index in [2.05, 4.69) is 4.98 Å². The molecule has 0 aliphatic carbocycles. The summed E-state index contributed by atoms with van der Waals surface area (Å²) in [4.78, 5) is 14.8. The molecule has 0 saturated heterocycles. The van der Waals surface area contributed by atoms with Crippen LogP contribution in [0.3, 0.4) is 0 Å². The van der Waals surface area contributed by atoms with Gasteiger partial charge in [-0.25, -0.2) is 0 Å². The lowest BCUT2D eigenvalue weighted by Gasteiger charge is -2.09. The van der Waals surface area contributed by atoms with Gasteiger partial charge >= 0.3 is 5.97 Å². The highest BCUT2D eigenvalue weighted by Gasteiger charge is 2.16. The lowest BCUT2D eigenvalue weighted by atomic mass is 10.0. The van der Waals surface area contributed by atoms with Crippen LogP contribution in [0.15, 0.2) is 12.3 Å². The van der Waals surface area contributed by atoms with E-state index in [1.165, 1.54) is 0 Å². The molecule has 1 atom stereocenters. The van der Waals surface area contributed by atoms with Gasteiger partial charge in [0.2, 0.25) is 0 Å². The minimum Gasteiger partial charge on any atom is -0.481 e. The van der Waals surface area contributed by atoms with Gasteiger partial charge in [0, 0.05) is 6.20 Å². The van der Waals surface area contributed by atoms with E-state index in [1.54, 1.807) is 13.1 Å². The monoisotopic (exact) mass is 179 g/mol. The van der Waals surface area contributed by atoms with Gasteiger partial charge in [-0.05, 0) is 31.9 Å². The number of aromatic nitrogens is 1. The summed E-state index contributed by atoms with van der Waals surface area (Å²) in [6.07, 6.45) is 1.70. The molecule has 1 unspecified atom stereocenters. The van der Waals surface area contributed by atoms with E-state index in [0.717, 1.165) is 11.1 Å². The highest BCUT2D eigenvalue weighted by molar-refractivity contribution is 5.75. The summed E-state index contributed by atoms with van der Waals surface area (Å²) >= 11 is 0. The molecule has 3 nitrogen and oxygen atoms in total. The lowest BCUT2D eigenvalue weighted by molar-refractivity contribution is -0.138. The molecule has 1 rings (SSSR count). The molecule has 0 aliphatic heterocycles. The maximum atomic E-state index is 10.7. The van der Waals surface area contributed by atoms with Gasteiger partial charge in [0.15, 0.2) is 0 Å². The minimum absolute atomic E-state index is 0.527. The van der Waals surface area contributed by atoms with Crippen LogP contribution in [0.25, 0.3) is 0 Å². The lowest BCUT2D eigenvalue weighted by Crippen LogP contribution is -2.10. The number of pyridine rings is 1. The summed E-state index contributed by atoms with van der Waals surface area (Å²) in [6, 6.07) is 1.95. The third kappa shape index (κ3) is 2.05. The Labute approximate surface area is 77.4 Å². The predicted molar refractivity (Wildman–Crippen MR) is 49.8 cm³/mol. The fourth-order valence-electron chi connectivity index (χ4n) is 1.30. The average Bonchev–Trinajstić information content (AvgIpc) is 2.03. The number of hydrogen-bond donors (Lipinski definition) is 1. The van der Waals surface area contributed by atoms with Crippen LogP contribution in [0.2, 0.25) is 0 Å². The van der Waals surface area contributed by atoms with Gasteiger partial charge in [0.25, 0.3) is 0 Å². The molecule has 1 aromatic rings. The third-order valence-corrected chi connectivity index (χ3v) is 2.04. The Kier molecular flexibility index (Phi) is 2.66. The molecule has 0 spiro atoms. The van der Waals surface area contributed by atoms with Gasteiger partial charge in [-0.15, -0.1) is 0 Å². The Hall–Kier alpha value is -1.38. The predicted octanol–water partition coefficient (Wildman–Crippen LogP) is 1.89. The second-order valence-electron chi connectivity index (χ2n) is 3.27. The zero-order valence-electron chi connectivity index (χ0n) is 8.03. The zero-order chi connectivity index (χ0) is 10.0. The molecule has 3 heteroatoms. The van der Waals surface area contributed by atoms with Crippen molar-refractivity contribution in [3.05, 3.63) is 29.1 Å². The van der Waals surface area contributed by atoms with Gasteiger partial charge in [-0.2, -0.15) is 0 Å². The normalized spacial score (nSPS) is 12.5. The van der Waals surface area contributed by atoms with Gasteiger partial charge in [0.1, 0.15) is 0 Å². The van der Waals surface area contributed by atoms with Gasteiger partial charge in [-0.3, -0.25) is 9.78 Å². The van der Waals surface area contributed by atoms with Gasteiger partial charge in [-0.1, -0.05) is 6.07 Å². The van der Waals surface area contributed by atoms with Crippen LogP contribution >= 0.6 is 0 Å². The van der Waals surface area contributed by atoms with Crippen molar-refractivity contribution in [2.45, 2.75) is 26.7 Å². The van der Waals surface area contributed by atoms with Crippen LogP contribution in [0.5, 0.6) is 0 Å². The first-order chi connectivity index (χ1) is 6.02. The molecule has 0 fully saturated rings. The highest BCUT2D eigenvalue weighted by atomic mass is 16.4. The van der Waals surface area contributed by atoms with Gasteiger partial charge < -0.3 is 5.11 Å². The second-order valence-corrected chi connectivity index (χ2v) is 3.27. The quantitative estimate of drug-likeness (QED) is 0.754. The van der Waals surface area contributed by atoms with Crippen molar-refractivity contribution < 1.29 is 9.90 Å². The van der Waals surface area contributed by atoms with Crippen molar-refractivity contribution in [1.82, 2.24) is 4.98 Å². The Morgan fingerprint density at radius 2 is 2.15 bits per heavy atom. The van der Waals surface area contributed by atoms with Crippen molar-refractivity contribution in [3.8, 4) is 0 Å². The van der Waals surface area contributed by atoms with E-state index in [-0.39, 0.29) is 0 Å². The van der Waals surface area contributed by atoms with Crippen LogP contribution in [0.1, 0.15) is 29.7 Å². The molecule has 1 aromatic heterocycles. The van der Waals surface area contributed by atoms with E-state index in [1.807, 2.05) is 19.9 Å². The van der Waals surface area contributed by atoms with Crippen LogP contribution in [-0.2, 0) is 4.79 Å². The fraction of sp³-hybridized carbons (Fsp3) is 0.400. The number of aryl methyl sites for hydroxylation is 2. The second kappa shape index (κ2) is 3.56. The fourth-order valence-corrected chi connectivity index (χ4v) is 1.30. The first-order valence-corrected chi connectivity index (χ1v) is 4.18. The Bertz CT molecular complexity index is 334. The summed E-state index contributed by atoms with van der Waals surface area (Å²) in [5.74, 6) is -1.36. The number of carboxylic acids is 1. The van der Waals surface area contributed by atoms with Gasteiger partial charge in [0.05, 0.1) is 11.6 Å². The molecule has 1 heterocycles. The molecule has 0 aromatic carbocycles. The van der Waals surface area contributed by atoms with Crippen molar-refractivity contribution in [3.63, 3.8) is 0 Å². The van der Waals surface area contributed by atoms with E-state index < -0.39 is 11.9 Å². The zero-order valence-corrected chi connectivity index (χ0v) is 8.03. The maximum Gasteiger partial charge on any atom is 0.312 e. The summed E-state index contributed by atoms with van der Waals surface area (Å²) in [5, 5.41) is 8.79. The average molecular weight is 179 g/mol. The van der Waals surface area contributed by atoms with E-state index in [0.29, 0.717) is 5.69 Å². The van der Waals surface area contributed by atoms with Crippen molar-refractivity contribution in [2.75, 3.05) is 0 Å². The summed E-state index contributed by atoms with van der Waals surface area (Å²) in [5.41, 5.74) is 2.65. The van der Waals surface area contributed by atoms with Crippen LogP contribution in [0.4, 0.5) is 0 Å². The largest absolute Gasteiger partial charge is 0.481 e. The summed E-state index contributed by atoms with van der Waals surface area (Å²) in [6.45, 7) is 5.47. The SMILES string of the molecule is Cc1cnc(C(C)C(=O)O)c(C)c1. The number of rotatable bonds is 2. The molecular weight excluding hydrogens is 166 g/mol. The highest BCUT2D eigenvalue weighted by Crippen LogP contribution is 2.17. The molecule has 13 heavy (non-hydrogen) atoms.